The zero-order valence-corrected chi connectivity index (χ0v) is 14.6. The SMILES string of the molecule is CN1CCC(C(=O)Nc2cc(Cl)c(O)c(Cl)c2)CC1.CNC=O. The van der Waals surface area contributed by atoms with Crippen molar-refractivity contribution in [3.05, 3.63) is 22.2 Å². The molecule has 23 heavy (non-hydrogen) atoms. The normalized spacial score (nSPS) is 15.3. The highest BCUT2D eigenvalue weighted by atomic mass is 35.5. The number of benzene rings is 1. The number of hydrogen-bond donors (Lipinski definition) is 3. The van der Waals surface area contributed by atoms with Crippen molar-refractivity contribution >= 4 is 41.2 Å². The number of amides is 2. The second-order valence-corrected chi connectivity index (χ2v) is 6.08. The van der Waals surface area contributed by atoms with Crippen molar-refractivity contribution in [2.24, 2.45) is 5.92 Å². The molecule has 1 aliphatic heterocycles. The summed E-state index contributed by atoms with van der Waals surface area (Å²) in [6, 6.07) is 2.99. The Kier molecular flexibility index (Phi) is 8.16. The minimum Gasteiger partial charge on any atom is -0.505 e. The number of aromatic hydroxyl groups is 1. The van der Waals surface area contributed by atoms with E-state index in [0.717, 1.165) is 25.9 Å². The summed E-state index contributed by atoms with van der Waals surface area (Å²) in [5.74, 6) is -0.172. The fourth-order valence-corrected chi connectivity index (χ4v) is 2.64. The second kappa shape index (κ2) is 9.60. The Labute approximate surface area is 145 Å². The van der Waals surface area contributed by atoms with Gasteiger partial charge in [0.25, 0.3) is 0 Å². The van der Waals surface area contributed by atoms with E-state index in [1.54, 1.807) is 7.05 Å². The number of hydrogen-bond acceptors (Lipinski definition) is 4. The van der Waals surface area contributed by atoms with Crippen molar-refractivity contribution in [2.75, 3.05) is 32.5 Å². The van der Waals surface area contributed by atoms with E-state index >= 15 is 0 Å². The molecule has 0 aromatic heterocycles. The minimum atomic E-state index is -0.166. The molecule has 0 radical (unpaired) electrons. The maximum Gasteiger partial charge on any atom is 0.227 e. The average molecular weight is 362 g/mol. The van der Waals surface area contributed by atoms with Crippen molar-refractivity contribution in [3.8, 4) is 5.75 Å². The third-order valence-electron chi connectivity index (χ3n) is 3.49. The van der Waals surface area contributed by atoms with Crippen molar-refractivity contribution in [3.63, 3.8) is 0 Å². The number of nitrogens with one attached hydrogen (secondary N) is 2. The van der Waals surface area contributed by atoms with Gasteiger partial charge in [-0.15, -0.1) is 0 Å². The molecule has 2 amide bonds. The zero-order chi connectivity index (χ0) is 17.4. The topological polar surface area (TPSA) is 81.7 Å². The van der Waals surface area contributed by atoms with Crippen molar-refractivity contribution in [2.45, 2.75) is 12.8 Å². The molecule has 1 aliphatic rings. The summed E-state index contributed by atoms with van der Waals surface area (Å²) in [5.41, 5.74) is 0.511. The quantitative estimate of drug-likeness (QED) is 0.570. The summed E-state index contributed by atoms with van der Waals surface area (Å²) in [6.07, 6.45) is 2.32. The number of halogens is 2. The molecule has 1 fully saturated rings. The first-order valence-corrected chi connectivity index (χ1v) is 7.93. The molecule has 128 valence electrons. The highest BCUT2D eigenvalue weighted by Gasteiger charge is 2.23. The van der Waals surface area contributed by atoms with Gasteiger partial charge in [-0.3, -0.25) is 9.59 Å². The highest BCUT2D eigenvalue weighted by Crippen LogP contribution is 2.34. The van der Waals surface area contributed by atoms with E-state index in [4.69, 9.17) is 28.0 Å². The van der Waals surface area contributed by atoms with E-state index in [2.05, 4.69) is 15.5 Å². The Bertz CT molecular complexity index is 524. The van der Waals surface area contributed by atoms with Crippen molar-refractivity contribution < 1.29 is 14.7 Å². The number of carbonyl (C=O) groups is 2. The summed E-state index contributed by atoms with van der Waals surface area (Å²) in [7, 11) is 3.61. The standard InChI is InChI=1S/C13H16Cl2N2O2.C2H5NO/c1-17-4-2-8(3-5-17)13(19)16-9-6-10(14)12(18)11(15)7-9;1-3-2-4/h6-8,18H,2-5H2,1H3,(H,16,19);2H,1H3,(H,3,4). The number of anilines is 1. The molecule has 0 atom stereocenters. The zero-order valence-electron chi connectivity index (χ0n) is 13.1. The van der Waals surface area contributed by atoms with Crippen LogP contribution in [0.2, 0.25) is 10.0 Å². The monoisotopic (exact) mass is 361 g/mol. The largest absolute Gasteiger partial charge is 0.505 e. The summed E-state index contributed by atoms with van der Waals surface area (Å²) in [4.78, 5) is 23.4. The Morgan fingerprint density at radius 3 is 2.22 bits per heavy atom. The van der Waals surface area contributed by atoms with Gasteiger partial charge in [0.1, 0.15) is 0 Å². The third kappa shape index (κ3) is 6.25. The number of phenols is 1. The van der Waals surface area contributed by atoms with Crippen LogP contribution in [0.4, 0.5) is 5.69 Å². The van der Waals surface area contributed by atoms with E-state index in [9.17, 15) is 9.90 Å². The van der Waals surface area contributed by atoms with Gasteiger partial charge in [0, 0.05) is 18.7 Å². The van der Waals surface area contributed by atoms with Crippen LogP contribution < -0.4 is 10.6 Å². The molecular weight excluding hydrogens is 341 g/mol. The van der Waals surface area contributed by atoms with E-state index < -0.39 is 0 Å². The van der Waals surface area contributed by atoms with Crippen LogP contribution in [-0.2, 0) is 9.59 Å². The van der Waals surface area contributed by atoms with Crippen LogP contribution in [0.5, 0.6) is 5.75 Å². The van der Waals surface area contributed by atoms with Crippen molar-refractivity contribution in [1.82, 2.24) is 10.2 Å². The van der Waals surface area contributed by atoms with E-state index in [0.29, 0.717) is 12.1 Å². The molecule has 0 aliphatic carbocycles. The van der Waals surface area contributed by atoms with Crippen LogP contribution in [0.25, 0.3) is 0 Å². The Hall–Kier alpha value is -1.50. The van der Waals surface area contributed by atoms with Crippen LogP contribution in [0.1, 0.15) is 12.8 Å². The molecule has 0 unspecified atom stereocenters. The molecule has 8 heteroatoms. The number of carbonyl (C=O) groups excluding carboxylic acids is 2. The van der Waals surface area contributed by atoms with Gasteiger partial charge in [0.05, 0.1) is 10.0 Å². The molecular formula is C15H21Cl2N3O3. The molecule has 3 N–H and O–H groups in total. The predicted molar refractivity (Wildman–Crippen MR) is 92.1 cm³/mol. The van der Waals surface area contributed by atoms with E-state index in [-0.39, 0.29) is 27.6 Å². The molecule has 0 saturated carbocycles. The first-order chi connectivity index (χ1) is 10.9. The number of nitrogens with zero attached hydrogens (tertiary/aromatic N) is 1. The molecule has 1 saturated heterocycles. The lowest BCUT2D eigenvalue weighted by Crippen LogP contribution is -2.35. The van der Waals surface area contributed by atoms with Gasteiger partial charge < -0.3 is 20.6 Å². The Balaban J connectivity index is 0.000000593. The molecule has 2 rings (SSSR count). The average Bonchev–Trinajstić information content (AvgIpc) is 2.53. The summed E-state index contributed by atoms with van der Waals surface area (Å²) in [5, 5.41) is 14.8. The van der Waals surface area contributed by atoms with E-state index in [1.807, 2.05) is 7.05 Å². The van der Waals surface area contributed by atoms with Gasteiger partial charge in [-0.1, -0.05) is 23.2 Å². The van der Waals surface area contributed by atoms with Gasteiger partial charge in [-0.05, 0) is 45.1 Å². The number of phenolic OH excluding ortho intramolecular Hbond substituents is 1. The Morgan fingerprint density at radius 1 is 1.30 bits per heavy atom. The maximum atomic E-state index is 12.1. The molecule has 1 heterocycles. The van der Waals surface area contributed by atoms with Gasteiger partial charge in [0.15, 0.2) is 5.75 Å². The second-order valence-electron chi connectivity index (χ2n) is 5.26. The summed E-state index contributed by atoms with van der Waals surface area (Å²) >= 11 is 11.6. The van der Waals surface area contributed by atoms with Gasteiger partial charge in [0.2, 0.25) is 12.3 Å². The number of piperidine rings is 1. The number of rotatable bonds is 3. The lowest BCUT2D eigenvalue weighted by atomic mass is 9.96. The molecule has 6 nitrogen and oxygen atoms in total. The lowest BCUT2D eigenvalue weighted by molar-refractivity contribution is -0.121. The molecule has 0 spiro atoms. The van der Waals surface area contributed by atoms with Crippen LogP contribution in [0.3, 0.4) is 0 Å². The summed E-state index contributed by atoms with van der Waals surface area (Å²) in [6.45, 7) is 1.85. The van der Waals surface area contributed by atoms with Crippen molar-refractivity contribution in [1.29, 1.82) is 0 Å². The van der Waals surface area contributed by atoms with Crippen LogP contribution in [0.15, 0.2) is 12.1 Å². The van der Waals surface area contributed by atoms with Gasteiger partial charge in [-0.25, -0.2) is 0 Å². The highest BCUT2D eigenvalue weighted by molar-refractivity contribution is 6.37. The fraction of sp³-hybridized carbons (Fsp3) is 0.467. The Morgan fingerprint density at radius 2 is 1.78 bits per heavy atom. The lowest BCUT2D eigenvalue weighted by Gasteiger charge is -2.28. The third-order valence-corrected chi connectivity index (χ3v) is 4.07. The number of likely N-dealkylation sites (tertiary alicyclic amines) is 1. The molecule has 1 aromatic carbocycles. The van der Waals surface area contributed by atoms with Gasteiger partial charge >= 0.3 is 0 Å². The van der Waals surface area contributed by atoms with Crippen LogP contribution >= 0.6 is 23.2 Å². The first kappa shape index (κ1) is 19.5. The van der Waals surface area contributed by atoms with E-state index in [1.165, 1.54) is 12.1 Å². The van der Waals surface area contributed by atoms with Crippen LogP contribution in [0, 0.1) is 5.92 Å². The molecule has 1 aromatic rings. The minimum absolute atomic E-state index is 0.0163. The summed E-state index contributed by atoms with van der Waals surface area (Å²) < 4.78 is 0. The smallest absolute Gasteiger partial charge is 0.227 e. The predicted octanol–water partition coefficient (Wildman–Crippen LogP) is 2.34. The maximum absolute atomic E-state index is 12.1. The van der Waals surface area contributed by atoms with Gasteiger partial charge in [-0.2, -0.15) is 0 Å². The first-order valence-electron chi connectivity index (χ1n) is 7.17. The fourth-order valence-electron chi connectivity index (χ4n) is 2.15. The molecule has 0 bridgehead atoms. The van der Waals surface area contributed by atoms with Crippen LogP contribution in [-0.4, -0.2) is 49.5 Å².